The highest BCUT2D eigenvalue weighted by Crippen LogP contribution is 2.34. The molecule has 1 aliphatic heterocycles. The molecule has 132 valence electrons. The first kappa shape index (κ1) is 17.5. The maximum absolute atomic E-state index is 12.5. The first-order chi connectivity index (χ1) is 11.8. The van der Waals surface area contributed by atoms with Gasteiger partial charge < -0.3 is 5.32 Å². The highest BCUT2D eigenvalue weighted by Gasteiger charge is 2.32. The fourth-order valence-corrected chi connectivity index (χ4v) is 4.54. The van der Waals surface area contributed by atoms with E-state index in [2.05, 4.69) is 12.2 Å². The summed E-state index contributed by atoms with van der Waals surface area (Å²) < 4.78 is 25.4. The van der Waals surface area contributed by atoms with Gasteiger partial charge in [-0.2, -0.15) is 0 Å². The number of nitrogens with zero attached hydrogens (tertiary/aromatic N) is 1. The number of benzene rings is 2. The summed E-state index contributed by atoms with van der Waals surface area (Å²) in [5.74, 6) is -0.197. The van der Waals surface area contributed by atoms with Crippen LogP contribution in [-0.2, 0) is 22.9 Å². The zero-order chi connectivity index (χ0) is 18.2. The van der Waals surface area contributed by atoms with Crippen LogP contribution in [0.4, 0.5) is 11.4 Å². The minimum atomic E-state index is -3.32. The molecule has 0 aromatic heterocycles. The molecule has 0 aliphatic carbocycles. The molecule has 1 unspecified atom stereocenters. The summed E-state index contributed by atoms with van der Waals surface area (Å²) in [5, 5.41) is 2.88. The van der Waals surface area contributed by atoms with E-state index >= 15 is 0 Å². The highest BCUT2D eigenvalue weighted by atomic mass is 32.2. The summed E-state index contributed by atoms with van der Waals surface area (Å²) >= 11 is 0. The Morgan fingerprint density at radius 2 is 1.88 bits per heavy atom. The van der Waals surface area contributed by atoms with E-state index in [1.807, 2.05) is 31.2 Å². The number of carbonyl (C=O) groups is 1. The fourth-order valence-electron chi connectivity index (χ4n) is 3.28. The number of hydrogen-bond acceptors (Lipinski definition) is 3. The van der Waals surface area contributed by atoms with Crippen LogP contribution in [0, 0.1) is 0 Å². The van der Waals surface area contributed by atoms with E-state index in [0.717, 1.165) is 17.7 Å². The topological polar surface area (TPSA) is 66.5 Å². The molecule has 6 heteroatoms. The predicted molar refractivity (Wildman–Crippen MR) is 101 cm³/mol. The second kappa shape index (κ2) is 6.52. The van der Waals surface area contributed by atoms with E-state index in [9.17, 15) is 13.2 Å². The number of carbonyl (C=O) groups excluding carboxylic acids is 1. The van der Waals surface area contributed by atoms with Gasteiger partial charge in [-0.3, -0.25) is 9.10 Å². The molecule has 0 spiro atoms. The maximum Gasteiger partial charge on any atom is 0.255 e. The van der Waals surface area contributed by atoms with Gasteiger partial charge in [-0.15, -0.1) is 0 Å². The summed E-state index contributed by atoms with van der Waals surface area (Å²) in [4.78, 5) is 12.5. The van der Waals surface area contributed by atoms with Gasteiger partial charge in [-0.25, -0.2) is 8.42 Å². The molecule has 0 bridgehead atoms. The highest BCUT2D eigenvalue weighted by molar-refractivity contribution is 7.92. The molecule has 1 N–H and O–H groups in total. The third-order valence-corrected chi connectivity index (χ3v) is 5.74. The van der Waals surface area contributed by atoms with Crippen LogP contribution in [0.2, 0.25) is 0 Å². The number of amides is 1. The summed E-state index contributed by atoms with van der Waals surface area (Å²) in [6, 6.07) is 12.8. The Kier molecular flexibility index (Phi) is 4.56. The smallest absolute Gasteiger partial charge is 0.255 e. The predicted octanol–water partition coefficient (Wildman–Crippen LogP) is 3.21. The van der Waals surface area contributed by atoms with Crippen molar-refractivity contribution in [3.8, 4) is 0 Å². The van der Waals surface area contributed by atoms with Crippen molar-refractivity contribution in [2.75, 3.05) is 15.9 Å². The van der Waals surface area contributed by atoms with Crippen LogP contribution in [0.5, 0.6) is 0 Å². The molecule has 0 saturated carbocycles. The first-order valence-electron chi connectivity index (χ1n) is 8.32. The third kappa shape index (κ3) is 3.54. The lowest BCUT2D eigenvalue weighted by Crippen LogP contribution is -2.34. The Morgan fingerprint density at radius 3 is 2.48 bits per heavy atom. The Morgan fingerprint density at radius 1 is 1.20 bits per heavy atom. The molecule has 2 aromatic rings. The summed E-state index contributed by atoms with van der Waals surface area (Å²) in [6.45, 7) is 3.95. The van der Waals surface area contributed by atoms with E-state index in [0.29, 0.717) is 17.7 Å². The Hall–Kier alpha value is -2.34. The molecular weight excluding hydrogens is 336 g/mol. The Bertz CT molecular complexity index is 905. The Balaban J connectivity index is 1.82. The van der Waals surface area contributed by atoms with Gasteiger partial charge in [0.2, 0.25) is 10.0 Å². The van der Waals surface area contributed by atoms with Crippen LogP contribution < -0.4 is 9.62 Å². The van der Waals surface area contributed by atoms with Gasteiger partial charge in [-0.1, -0.05) is 19.1 Å². The maximum atomic E-state index is 12.5. The zero-order valence-electron chi connectivity index (χ0n) is 14.6. The lowest BCUT2D eigenvalue weighted by atomic mass is 10.1. The van der Waals surface area contributed by atoms with Gasteiger partial charge in [-0.05, 0) is 61.2 Å². The van der Waals surface area contributed by atoms with Crippen molar-refractivity contribution in [3.05, 3.63) is 59.2 Å². The molecule has 2 aromatic carbocycles. The van der Waals surface area contributed by atoms with Crippen LogP contribution in [0.25, 0.3) is 0 Å². The number of fused-ring (bicyclic) bond motifs is 1. The lowest BCUT2D eigenvalue weighted by Gasteiger charge is -2.21. The standard InChI is InChI=1S/C19H22N2O3S/c1-4-14-5-8-17(9-6-14)20-19(22)15-7-10-18-16(12-15)11-13(2)21(18)25(3,23)24/h5-10,12-13H,4,11H2,1-3H3,(H,20,22). The zero-order valence-corrected chi connectivity index (χ0v) is 15.4. The third-order valence-electron chi connectivity index (χ3n) is 4.47. The minimum absolute atomic E-state index is 0.134. The van der Waals surface area contributed by atoms with Crippen molar-refractivity contribution in [3.63, 3.8) is 0 Å². The molecule has 1 heterocycles. The van der Waals surface area contributed by atoms with Gasteiger partial charge in [0.1, 0.15) is 0 Å². The molecule has 0 saturated heterocycles. The summed E-state index contributed by atoms with van der Waals surface area (Å²) in [5.41, 5.74) is 4.03. The van der Waals surface area contributed by atoms with Crippen LogP contribution in [-0.4, -0.2) is 26.6 Å². The van der Waals surface area contributed by atoms with E-state index in [1.54, 1.807) is 18.2 Å². The molecule has 0 radical (unpaired) electrons. The number of hydrogen-bond donors (Lipinski definition) is 1. The van der Waals surface area contributed by atoms with Crippen molar-refractivity contribution >= 4 is 27.3 Å². The van der Waals surface area contributed by atoms with E-state index in [-0.39, 0.29) is 11.9 Å². The van der Waals surface area contributed by atoms with Crippen molar-refractivity contribution < 1.29 is 13.2 Å². The van der Waals surface area contributed by atoms with Crippen molar-refractivity contribution in [1.29, 1.82) is 0 Å². The molecule has 1 aliphatic rings. The van der Waals surface area contributed by atoms with Gasteiger partial charge in [0.05, 0.1) is 11.9 Å². The van der Waals surface area contributed by atoms with Crippen molar-refractivity contribution in [2.24, 2.45) is 0 Å². The van der Waals surface area contributed by atoms with Gasteiger partial charge >= 0.3 is 0 Å². The monoisotopic (exact) mass is 358 g/mol. The first-order valence-corrected chi connectivity index (χ1v) is 10.2. The minimum Gasteiger partial charge on any atom is -0.322 e. The van der Waals surface area contributed by atoms with E-state index in [4.69, 9.17) is 0 Å². The fraction of sp³-hybridized carbons (Fsp3) is 0.316. The van der Waals surface area contributed by atoms with Crippen LogP contribution in [0.15, 0.2) is 42.5 Å². The second-order valence-electron chi connectivity index (χ2n) is 6.46. The second-order valence-corrected chi connectivity index (χ2v) is 8.32. The average molecular weight is 358 g/mol. The summed E-state index contributed by atoms with van der Waals surface area (Å²) in [7, 11) is -3.32. The number of rotatable bonds is 4. The van der Waals surface area contributed by atoms with Crippen LogP contribution in [0.3, 0.4) is 0 Å². The van der Waals surface area contributed by atoms with E-state index in [1.165, 1.54) is 16.1 Å². The number of anilines is 2. The average Bonchev–Trinajstić information content (AvgIpc) is 2.90. The van der Waals surface area contributed by atoms with Crippen molar-refractivity contribution in [1.82, 2.24) is 0 Å². The molecule has 0 fully saturated rings. The summed E-state index contributed by atoms with van der Waals surface area (Å²) in [6.07, 6.45) is 2.77. The van der Waals surface area contributed by atoms with Crippen molar-refractivity contribution in [2.45, 2.75) is 32.7 Å². The SMILES string of the molecule is CCc1ccc(NC(=O)c2ccc3c(c2)CC(C)N3S(C)(=O)=O)cc1. The molecule has 1 atom stereocenters. The Labute approximate surface area is 148 Å². The molecule has 25 heavy (non-hydrogen) atoms. The van der Waals surface area contributed by atoms with Gasteiger partial charge in [0.25, 0.3) is 5.91 Å². The largest absolute Gasteiger partial charge is 0.322 e. The van der Waals surface area contributed by atoms with Gasteiger partial charge in [0, 0.05) is 17.3 Å². The number of sulfonamides is 1. The quantitative estimate of drug-likeness (QED) is 0.913. The number of nitrogens with one attached hydrogen (secondary N) is 1. The number of aryl methyl sites for hydroxylation is 1. The van der Waals surface area contributed by atoms with Crippen LogP contribution >= 0.6 is 0 Å². The van der Waals surface area contributed by atoms with Gasteiger partial charge in [0.15, 0.2) is 0 Å². The lowest BCUT2D eigenvalue weighted by molar-refractivity contribution is 0.102. The molecular formula is C19H22N2O3S. The molecule has 3 rings (SSSR count). The van der Waals surface area contributed by atoms with Crippen LogP contribution in [0.1, 0.15) is 35.3 Å². The molecule has 5 nitrogen and oxygen atoms in total. The normalized spacial score (nSPS) is 16.6. The molecule has 1 amide bonds. The van der Waals surface area contributed by atoms with E-state index < -0.39 is 10.0 Å².